The van der Waals surface area contributed by atoms with E-state index in [9.17, 15) is 9.59 Å². The van der Waals surface area contributed by atoms with Crippen molar-refractivity contribution in [1.29, 1.82) is 0 Å². The molecule has 0 N–H and O–H groups in total. The molecular formula is C16H20O5. The van der Waals surface area contributed by atoms with Gasteiger partial charge in [-0.25, -0.2) is 9.59 Å². The number of methoxy groups -OCH3 is 1. The summed E-state index contributed by atoms with van der Waals surface area (Å²) < 4.78 is 15.1. The molecule has 0 aliphatic rings. The summed E-state index contributed by atoms with van der Waals surface area (Å²) in [6.07, 6.45) is 1.00. The van der Waals surface area contributed by atoms with E-state index in [1.807, 2.05) is 30.3 Å². The Morgan fingerprint density at radius 3 is 2.29 bits per heavy atom. The Balaban J connectivity index is 2.76. The molecule has 0 heterocycles. The highest BCUT2D eigenvalue weighted by Crippen LogP contribution is 2.11. The normalized spacial score (nSPS) is 11.7. The van der Waals surface area contributed by atoms with Crippen molar-refractivity contribution < 1.29 is 23.8 Å². The van der Waals surface area contributed by atoms with Crippen LogP contribution >= 0.6 is 0 Å². The Bertz CT molecular complexity index is 511. The molecule has 21 heavy (non-hydrogen) atoms. The Kier molecular flexibility index (Phi) is 5.96. The van der Waals surface area contributed by atoms with Gasteiger partial charge < -0.3 is 14.2 Å². The molecule has 0 aliphatic heterocycles. The van der Waals surface area contributed by atoms with Crippen molar-refractivity contribution in [2.75, 3.05) is 7.11 Å². The van der Waals surface area contributed by atoms with E-state index in [2.05, 4.69) is 4.74 Å². The summed E-state index contributed by atoms with van der Waals surface area (Å²) in [4.78, 5) is 23.3. The Morgan fingerprint density at radius 1 is 1.14 bits per heavy atom. The van der Waals surface area contributed by atoms with Gasteiger partial charge in [-0.05, 0) is 26.3 Å². The SMILES string of the molecule is COC(=O)/C(=C/C(=O)OC(C)(C)C)OCc1ccccc1. The van der Waals surface area contributed by atoms with Crippen LogP contribution in [0.4, 0.5) is 0 Å². The van der Waals surface area contributed by atoms with Crippen LogP contribution in [0.2, 0.25) is 0 Å². The first kappa shape index (κ1) is 16.8. The molecular weight excluding hydrogens is 272 g/mol. The summed E-state index contributed by atoms with van der Waals surface area (Å²) in [5, 5.41) is 0. The summed E-state index contributed by atoms with van der Waals surface area (Å²) >= 11 is 0. The molecule has 0 unspecified atom stereocenters. The fourth-order valence-electron chi connectivity index (χ4n) is 1.43. The summed E-state index contributed by atoms with van der Waals surface area (Å²) in [6.45, 7) is 5.37. The van der Waals surface area contributed by atoms with Crippen molar-refractivity contribution in [2.24, 2.45) is 0 Å². The molecule has 1 rings (SSSR count). The van der Waals surface area contributed by atoms with E-state index < -0.39 is 17.5 Å². The van der Waals surface area contributed by atoms with Gasteiger partial charge in [0.25, 0.3) is 0 Å². The van der Waals surface area contributed by atoms with E-state index in [4.69, 9.17) is 9.47 Å². The van der Waals surface area contributed by atoms with E-state index in [1.54, 1.807) is 20.8 Å². The maximum atomic E-state index is 11.7. The lowest BCUT2D eigenvalue weighted by molar-refractivity contribution is -0.150. The first-order valence-electron chi connectivity index (χ1n) is 6.51. The highest BCUT2D eigenvalue weighted by atomic mass is 16.6. The molecule has 5 nitrogen and oxygen atoms in total. The van der Waals surface area contributed by atoms with Crippen molar-refractivity contribution in [2.45, 2.75) is 33.0 Å². The molecule has 5 heteroatoms. The molecule has 0 fully saturated rings. The van der Waals surface area contributed by atoms with Gasteiger partial charge in [0.1, 0.15) is 12.2 Å². The largest absolute Gasteiger partial charge is 0.481 e. The average molecular weight is 292 g/mol. The molecule has 0 saturated heterocycles. The van der Waals surface area contributed by atoms with Crippen LogP contribution < -0.4 is 0 Å². The molecule has 1 aromatic carbocycles. The third-order valence-corrected chi connectivity index (χ3v) is 2.28. The summed E-state index contributed by atoms with van der Waals surface area (Å²) in [5.41, 5.74) is 0.227. The minimum absolute atomic E-state index is 0.157. The molecule has 0 saturated carbocycles. The van der Waals surface area contributed by atoms with Crippen LogP contribution in [0.3, 0.4) is 0 Å². The highest BCUT2D eigenvalue weighted by Gasteiger charge is 2.19. The van der Waals surface area contributed by atoms with Crippen molar-refractivity contribution in [3.8, 4) is 0 Å². The third-order valence-electron chi connectivity index (χ3n) is 2.28. The van der Waals surface area contributed by atoms with Gasteiger partial charge in [-0.3, -0.25) is 0 Å². The Labute approximate surface area is 124 Å². The van der Waals surface area contributed by atoms with Crippen LogP contribution in [0.5, 0.6) is 0 Å². The van der Waals surface area contributed by atoms with E-state index in [0.29, 0.717) is 0 Å². The fourth-order valence-corrected chi connectivity index (χ4v) is 1.43. The molecule has 0 radical (unpaired) electrons. The van der Waals surface area contributed by atoms with Crippen molar-refractivity contribution in [3.05, 3.63) is 47.7 Å². The highest BCUT2D eigenvalue weighted by molar-refractivity contribution is 5.94. The number of ether oxygens (including phenoxy) is 3. The van der Waals surface area contributed by atoms with Crippen molar-refractivity contribution in [1.82, 2.24) is 0 Å². The zero-order valence-electron chi connectivity index (χ0n) is 12.7. The van der Waals surface area contributed by atoms with Gasteiger partial charge in [-0.2, -0.15) is 0 Å². The standard InChI is InChI=1S/C16H20O5/c1-16(2,3)21-14(17)10-13(15(18)19-4)20-11-12-8-6-5-7-9-12/h5-10H,11H2,1-4H3/b13-10-. The van der Waals surface area contributed by atoms with Gasteiger partial charge in [0, 0.05) is 0 Å². The minimum atomic E-state index is -0.725. The topological polar surface area (TPSA) is 61.8 Å². The van der Waals surface area contributed by atoms with E-state index in [-0.39, 0.29) is 12.4 Å². The number of hydrogen-bond acceptors (Lipinski definition) is 5. The molecule has 0 atom stereocenters. The van der Waals surface area contributed by atoms with Gasteiger partial charge in [0.15, 0.2) is 0 Å². The van der Waals surface area contributed by atoms with Crippen LogP contribution in [0, 0.1) is 0 Å². The molecule has 0 aromatic heterocycles. The van der Waals surface area contributed by atoms with E-state index in [1.165, 1.54) is 7.11 Å². The fraction of sp³-hybridized carbons (Fsp3) is 0.375. The molecule has 1 aromatic rings. The van der Waals surface area contributed by atoms with Gasteiger partial charge in [0.05, 0.1) is 13.2 Å². The maximum Gasteiger partial charge on any atom is 0.373 e. The summed E-state index contributed by atoms with van der Waals surface area (Å²) in [5.74, 6) is -1.57. The Morgan fingerprint density at radius 2 is 1.76 bits per heavy atom. The second-order valence-electron chi connectivity index (χ2n) is 5.31. The molecule has 0 aliphatic carbocycles. The summed E-state index contributed by atoms with van der Waals surface area (Å²) in [6, 6.07) is 9.29. The molecule has 0 amide bonds. The zero-order valence-corrected chi connectivity index (χ0v) is 12.7. The van der Waals surface area contributed by atoms with Crippen LogP contribution in [0.1, 0.15) is 26.3 Å². The number of hydrogen-bond donors (Lipinski definition) is 0. The second-order valence-corrected chi connectivity index (χ2v) is 5.31. The maximum absolute atomic E-state index is 11.7. The number of esters is 2. The Hall–Kier alpha value is -2.30. The van der Waals surface area contributed by atoms with Crippen molar-refractivity contribution >= 4 is 11.9 Å². The lowest BCUT2D eigenvalue weighted by Crippen LogP contribution is -2.23. The number of benzene rings is 1. The molecule has 0 bridgehead atoms. The van der Waals surface area contributed by atoms with E-state index >= 15 is 0 Å². The number of carbonyl (C=O) groups excluding carboxylic acids is 2. The van der Waals surface area contributed by atoms with Gasteiger partial charge in [0.2, 0.25) is 5.76 Å². The van der Waals surface area contributed by atoms with Gasteiger partial charge in [-0.15, -0.1) is 0 Å². The van der Waals surface area contributed by atoms with Gasteiger partial charge >= 0.3 is 11.9 Å². The summed E-state index contributed by atoms with van der Waals surface area (Å²) in [7, 11) is 1.22. The lowest BCUT2D eigenvalue weighted by atomic mass is 10.2. The minimum Gasteiger partial charge on any atom is -0.481 e. The van der Waals surface area contributed by atoms with Gasteiger partial charge in [-0.1, -0.05) is 30.3 Å². The van der Waals surface area contributed by atoms with Crippen LogP contribution in [-0.2, 0) is 30.4 Å². The van der Waals surface area contributed by atoms with Crippen LogP contribution in [0.25, 0.3) is 0 Å². The van der Waals surface area contributed by atoms with Crippen molar-refractivity contribution in [3.63, 3.8) is 0 Å². The first-order valence-corrected chi connectivity index (χ1v) is 6.51. The number of carbonyl (C=O) groups is 2. The first-order chi connectivity index (χ1) is 9.81. The zero-order chi connectivity index (χ0) is 15.9. The monoisotopic (exact) mass is 292 g/mol. The second kappa shape index (κ2) is 7.47. The predicted octanol–water partition coefficient (Wildman–Crippen LogP) is 2.60. The van der Waals surface area contributed by atoms with E-state index in [0.717, 1.165) is 11.6 Å². The lowest BCUT2D eigenvalue weighted by Gasteiger charge is -2.18. The smallest absolute Gasteiger partial charge is 0.373 e. The van der Waals surface area contributed by atoms with Crippen LogP contribution in [-0.4, -0.2) is 24.6 Å². The third kappa shape index (κ3) is 6.61. The predicted molar refractivity (Wildman–Crippen MR) is 77.2 cm³/mol. The number of rotatable bonds is 5. The van der Waals surface area contributed by atoms with Crippen LogP contribution in [0.15, 0.2) is 42.2 Å². The average Bonchev–Trinajstić information content (AvgIpc) is 2.41. The molecule has 0 spiro atoms. The quantitative estimate of drug-likeness (QED) is 0.474. The molecule has 114 valence electrons.